The second kappa shape index (κ2) is 10.6. The van der Waals surface area contributed by atoms with Crippen LogP contribution in [0.2, 0.25) is 0 Å². The Hall–Kier alpha value is -3.60. The maximum Gasteiger partial charge on any atom is 0.347 e. The molecule has 10 nitrogen and oxygen atoms in total. The third-order valence-electron chi connectivity index (χ3n) is 5.89. The fraction of sp³-hybridized carbons (Fsp3) is 0.435. The molecule has 0 spiro atoms. The molecule has 1 saturated heterocycles. The zero-order chi connectivity index (χ0) is 24.1. The summed E-state index contributed by atoms with van der Waals surface area (Å²) < 4.78 is 34.2. The van der Waals surface area contributed by atoms with Gasteiger partial charge in [-0.05, 0) is 43.7 Å². The number of nitro benzene ring substituents is 1. The number of esters is 1. The summed E-state index contributed by atoms with van der Waals surface area (Å²) in [5, 5.41) is 11.5. The van der Waals surface area contributed by atoms with E-state index in [1.165, 1.54) is 31.4 Å². The highest BCUT2D eigenvalue weighted by molar-refractivity contribution is 5.75. The molecule has 1 fully saturated rings. The highest BCUT2D eigenvalue weighted by Gasteiger charge is 2.29. The molecule has 1 atom stereocenters. The average Bonchev–Trinajstić information content (AvgIpc) is 3.31. The van der Waals surface area contributed by atoms with E-state index in [1.54, 1.807) is 12.1 Å². The minimum Gasteiger partial charge on any atom is -0.471 e. The molecule has 0 amide bonds. The molecule has 2 aromatic rings. The average molecular weight is 475 g/mol. The highest BCUT2D eigenvalue weighted by atomic mass is 19.1. The Morgan fingerprint density at radius 3 is 2.47 bits per heavy atom. The Kier molecular flexibility index (Phi) is 7.31. The number of halogens is 1. The minimum absolute atomic E-state index is 0.0369. The summed E-state index contributed by atoms with van der Waals surface area (Å²) in [6, 6.07) is 9.06. The molecule has 2 aliphatic heterocycles. The second-order valence-corrected chi connectivity index (χ2v) is 8.01. The lowest BCUT2D eigenvalue weighted by atomic mass is 10.1. The smallest absolute Gasteiger partial charge is 0.347 e. The molecule has 0 aliphatic carbocycles. The Balaban J connectivity index is 1.32. The summed E-state index contributed by atoms with van der Waals surface area (Å²) in [6.45, 7) is 3.98. The number of piperazine rings is 1. The molecule has 182 valence electrons. The van der Waals surface area contributed by atoms with Crippen LogP contribution in [0.1, 0.15) is 12.8 Å². The van der Waals surface area contributed by atoms with Crippen molar-refractivity contribution in [2.75, 3.05) is 51.5 Å². The zero-order valence-corrected chi connectivity index (χ0v) is 18.8. The van der Waals surface area contributed by atoms with Crippen LogP contribution in [0.3, 0.4) is 0 Å². The molecule has 1 unspecified atom stereocenters. The van der Waals surface area contributed by atoms with Crippen LogP contribution in [0, 0.1) is 15.9 Å². The van der Waals surface area contributed by atoms with E-state index in [1.807, 2.05) is 0 Å². The van der Waals surface area contributed by atoms with E-state index in [-0.39, 0.29) is 29.8 Å². The maximum absolute atomic E-state index is 13.1. The molecular weight excluding hydrogens is 449 g/mol. The summed E-state index contributed by atoms with van der Waals surface area (Å²) in [5.74, 6) is -0.349. The largest absolute Gasteiger partial charge is 0.471 e. The summed E-state index contributed by atoms with van der Waals surface area (Å²) >= 11 is 0. The van der Waals surface area contributed by atoms with Crippen molar-refractivity contribution in [3.05, 3.63) is 52.3 Å². The number of benzene rings is 2. The molecule has 0 N–H and O–H groups in total. The number of carbonyl (C=O) groups excluding carboxylic acids is 1. The molecule has 2 aromatic carbocycles. The van der Waals surface area contributed by atoms with E-state index >= 15 is 0 Å². The molecule has 0 aromatic heterocycles. The van der Waals surface area contributed by atoms with Crippen molar-refractivity contribution in [1.82, 2.24) is 4.90 Å². The Bertz CT molecular complexity index is 1030. The zero-order valence-electron chi connectivity index (χ0n) is 18.8. The van der Waals surface area contributed by atoms with Gasteiger partial charge in [0.15, 0.2) is 17.6 Å². The van der Waals surface area contributed by atoms with Crippen LogP contribution in [0.15, 0.2) is 36.4 Å². The Labute approximate surface area is 195 Å². The monoisotopic (exact) mass is 475 g/mol. The van der Waals surface area contributed by atoms with Crippen molar-refractivity contribution >= 4 is 17.3 Å². The lowest BCUT2D eigenvalue weighted by Crippen LogP contribution is -2.46. The minimum atomic E-state index is -0.996. The van der Waals surface area contributed by atoms with E-state index in [0.717, 1.165) is 38.4 Å². The molecule has 2 heterocycles. The van der Waals surface area contributed by atoms with Gasteiger partial charge < -0.3 is 23.8 Å². The van der Waals surface area contributed by atoms with E-state index in [2.05, 4.69) is 9.80 Å². The lowest BCUT2D eigenvalue weighted by Gasteiger charge is -2.36. The van der Waals surface area contributed by atoms with Crippen LogP contribution >= 0.6 is 0 Å². The van der Waals surface area contributed by atoms with Gasteiger partial charge >= 0.3 is 11.7 Å². The molecule has 34 heavy (non-hydrogen) atoms. The van der Waals surface area contributed by atoms with E-state index in [0.29, 0.717) is 18.6 Å². The number of rotatable bonds is 9. The number of nitrogens with zero attached hydrogens (tertiary/aromatic N) is 3. The third kappa shape index (κ3) is 5.48. The first-order valence-electron chi connectivity index (χ1n) is 11.0. The van der Waals surface area contributed by atoms with Crippen molar-refractivity contribution < 1.29 is 33.1 Å². The predicted molar refractivity (Wildman–Crippen MR) is 120 cm³/mol. The van der Waals surface area contributed by atoms with Crippen LogP contribution in [0.25, 0.3) is 0 Å². The van der Waals surface area contributed by atoms with Crippen LogP contribution in [0.4, 0.5) is 15.8 Å². The molecule has 0 saturated carbocycles. The fourth-order valence-corrected chi connectivity index (χ4v) is 4.04. The number of ether oxygens (including phenoxy) is 4. The lowest BCUT2D eigenvalue weighted by molar-refractivity contribution is -0.386. The Morgan fingerprint density at radius 1 is 1.15 bits per heavy atom. The molecule has 11 heteroatoms. The van der Waals surface area contributed by atoms with Gasteiger partial charge in [0.2, 0.25) is 12.5 Å². The quantitative estimate of drug-likeness (QED) is 0.308. The van der Waals surface area contributed by atoms with E-state index in [4.69, 9.17) is 18.9 Å². The number of hydrogen-bond donors (Lipinski definition) is 0. The standard InChI is InChI=1S/C23H26FN3O7/c1-31-23(28)19(34-20-14-22-21(32-15-33-22)13-18(20)27(29)30)3-2-8-25-9-11-26(12-10-25)17-6-4-16(24)5-7-17/h4-7,13-14,19H,2-3,8-12,15H2,1H3. The Morgan fingerprint density at radius 2 is 1.82 bits per heavy atom. The normalized spacial score (nSPS) is 16.2. The number of methoxy groups -OCH3 is 1. The van der Waals surface area contributed by atoms with Crippen molar-refractivity contribution in [3.63, 3.8) is 0 Å². The molecule has 2 aliphatic rings. The fourth-order valence-electron chi connectivity index (χ4n) is 4.04. The molecule has 0 radical (unpaired) electrons. The highest BCUT2D eigenvalue weighted by Crippen LogP contribution is 2.42. The van der Waals surface area contributed by atoms with Gasteiger partial charge in [-0.1, -0.05) is 0 Å². The predicted octanol–water partition coefficient (Wildman–Crippen LogP) is 2.99. The number of hydrogen-bond acceptors (Lipinski definition) is 9. The van der Waals surface area contributed by atoms with Gasteiger partial charge in [-0.3, -0.25) is 15.0 Å². The van der Waals surface area contributed by atoms with Crippen LogP contribution < -0.4 is 19.1 Å². The van der Waals surface area contributed by atoms with E-state index < -0.39 is 17.0 Å². The first kappa shape index (κ1) is 23.6. The van der Waals surface area contributed by atoms with Gasteiger partial charge in [-0.2, -0.15) is 0 Å². The number of anilines is 1. The van der Waals surface area contributed by atoms with Crippen molar-refractivity contribution in [1.29, 1.82) is 0 Å². The van der Waals surface area contributed by atoms with Gasteiger partial charge in [0.25, 0.3) is 0 Å². The first-order chi connectivity index (χ1) is 16.4. The van der Waals surface area contributed by atoms with Crippen molar-refractivity contribution in [2.24, 2.45) is 0 Å². The number of nitro groups is 1. The van der Waals surface area contributed by atoms with Gasteiger partial charge in [0, 0.05) is 37.9 Å². The summed E-state index contributed by atoms with van der Waals surface area (Å²) in [6.07, 6.45) is -0.0324. The van der Waals surface area contributed by atoms with Gasteiger partial charge in [0.1, 0.15) is 5.82 Å². The summed E-state index contributed by atoms with van der Waals surface area (Å²) in [4.78, 5) is 27.7. The SMILES string of the molecule is COC(=O)C(CCCN1CCN(c2ccc(F)cc2)CC1)Oc1cc2c(cc1[N+](=O)[O-])OCO2. The van der Waals surface area contributed by atoms with Crippen LogP contribution in [-0.4, -0.2) is 68.5 Å². The molecule has 4 rings (SSSR count). The summed E-state index contributed by atoms with van der Waals surface area (Å²) in [7, 11) is 1.25. The van der Waals surface area contributed by atoms with E-state index in [9.17, 15) is 19.3 Å². The van der Waals surface area contributed by atoms with Gasteiger partial charge in [-0.15, -0.1) is 0 Å². The van der Waals surface area contributed by atoms with Gasteiger partial charge in [0.05, 0.1) is 18.1 Å². The number of fused-ring (bicyclic) bond motifs is 1. The first-order valence-corrected chi connectivity index (χ1v) is 11.0. The van der Waals surface area contributed by atoms with Crippen molar-refractivity contribution in [2.45, 2.75) is 18.9 Å². The molecule has 0 bridgehead atoms. The summed E-state index contributed by atoms with van der Waals surface area (Å²) in [5.41, 5.74) is 0.681. The third-order valence-corrected chi connectivity index (χ3v) is 5.89. The maximum atomic E-state index is 13.1. The number of carbonyl (C=O) groups is 1. The molecular formula is C23H26FN3O7. The van der Waals surface area contributed by atoms with Gasteiger partial charge in [-0.25, -0.2) is 9.18 Å². The second-order valence-electron chi connectivity index (χ2n) is 8.01. The van der Waals surface area contributed by atoms with Crippen LogP contribution in [0.5, 0.6) is 17.2 Å². The van der Waals surface area contributed by atoms with Crippen LogP contribution in [-0.2, 0) is 9.53 Å². The van der Waals surface area contributed by atoms with Crippen molar-refractivity contribution in [3.8, 4) is 17.2 Å². The topological polar surface area (TPSA) is 104 Å².